The predicted molar refractivity (Wildman–Crippen MR) is 99.7 cm³/mol. The second-order valence-corrected chi connectivity index (χ2v) is 9.69. The number of carbonyl (C=O) groups excluding carboxylic acids is 2. The fourth-order valence-electron chi connectivity index (χ4n) is 7.27. The zero-order chi connectivity index (χ0) is 19.8. The normalized spacial score (nSPS) is 48.9. The van der Waals surface area contributed by atoms with Crippen LogP contribution in [0.4, 0.5) is 0 Å². The quantitative estimate of drug-likeness (QED) is 0.642. The summed E-state index contributed by atoms with van der Waals surface area (Å²) >= 11 is 0. The van der Waals surface area contributed by atoms with Crippen LogP contribution in [0.5, 0.6) is 0 Å². The molecular formula is C22H30O5. The fraction of sp³-hybridized carbons (Fsp3) is 0.727. The van der Waals surface area contributed by atoms with Gasteiger partial charge >= 0.3 is 0 Å². The van der Waals surface area contributed by atoms with Crippen LogP contribution in [0.1, 0.15) is 52.9 Å². The molecule has 0 aromatic heterocycles. The molecule has 2 saturated carbocycles. The molecule has 0 aliphatic heterocycles. The van der Waals surface area contributed by atoms with Gasteiger partial charge in [-0.25, -0.2) is 0 Å². The van der Waals surface area contributed by atoms with Gasteiger partial charge in [0.2, 0.25) is 0 Å². The molecule has 27 heavy (non-hydrogen) atoms. The third-order valence-electron chi connectivity index (χ3n) is 8.58. The maximum absolute atomic E-state index is 12.4. The Labute approximate surface area is 160 Å². The first-order chi connectivity index (χ1) is 12.6. The van der Waals surface area contributed by atoms with E-state index in [2.05, 4.69) is 13.8 Å². The molecule has 0 amide bonds. The first-order valence-electron chi connectivity index (χ1n) is 10.0. The smallest absolute Gasteiger partial charge is 0.190 e. The van der Waals surface area contributed by atoms with Gasteiger partial charge in [-0.05, 0) is 50.5 Å². The van der Waals surface area contributed by atoms with Crippen LogP contribution in [-0.4, -0.2) is 45.2 Å². The molecule has 0 bridgehead atoms. The van der Waals surface area contributed by atoms with Crippen LogP contribution in [0, 0.1) is 28.6 Å². The zero-order valence-electron chi connectivity index (χ0n) is 16.4. The number of aliphatic hydroxyl groups excluding tert-OH is 2. The number of Topliss-reactive ketones (excluding diaryl/α,β-unsaturated/α-hetero) is 1. The average Bonchev–Trinajstić information content (AvgIpc) is 2.87. The van der Waals surface area contributed by atoms with Gasteiger partial charge in [0.15, 0.2) is 11.6 Å². The first-order valence-corrected chi connectivity index (χ1v) is 10.0. The van der Waals surface area contributed by atoms with Crippen molar-refractivity contribution in [1.82, 2.24) is 0 Å². The Bertz CT molecular complexity index is 767. The molecule has 0 aromatic carbocycles. The summed E-state index contributed by atoms with van der Waals surface area (Å²) in [6, 6.07) is 0. The summed E-state index contributed by atoms with van der Waals surface area (Å²) in [6.07, 6.45) is 5.56. The molecule has 3 N–H and O–H groups in total. The minimum absolute atomic E-state index is 0.0230. The molecule has 7 atom stereocenters. The molecule has 7 unspecified atom stereocenters. The molecular weight excluding hydrogens is 344 g/mol. The maximum Gasteiger partial charge on any atom is 0.190 e. The highest BCUT2D eigenvalue weighted by atomic mass is 16.3. The van der Waals surface area contributed by atoms with Gasteiger partial charge in [0.1, 0.15) is 12.2 Å². The summed E-state index contributed by atoms with van der Waals surface area (Å²) in [5.41, 5.74) is -0.329. The Hall–Kier alpha value is -1.30. The molecule has 0 heterocycles. The van der Waals surface area contributed by atoms with E-state index in [0.29, 0.717) is 25.7 Å². The third-order valence-corrected chi connectivity index (χ3v) is 8.58. The lowest BCUT2D eigenvalue weighted by atomic mass is 9.46. The number of ketones is 2. The third kappa shape index (κ3) is 2.28. The van der Waals surface area contributed by atoms with Crippen molar-refractivity contribution >= 4 is 11.6 Å². The van der Waals surface area contributed by atoms with Gasteiger partial charge < -0.3 is 15.3 Å². The molecule has 0 saturated heterocycles. The van der Waals surface area contributed by atoms with Crippen molar-refractivity contribution in [3.8, 4) is 0 Å². The molecule has 5 nitrogen and oxygen atoms in total. The van der Waals surface area contributed by atoms with Crippen molar-refractivity contribution in [2.75, 3.05) is 6.61 Å². The highest BCUT2D eigenvalue weighted by Crippen LogP contribution is 2.67. The molecule has 148 valence electrons. The van der Waals surface area contributed by atoms with Gasteiger partial charge in [0.05, 0.1) is 6.10 Å². The summed E-state index contributed by atoms with van der Waals surface area (Å²) in [4.78, 5) is 24.4. The molecule has 5 heteroatoms. The van der Waals surface area contributed by atoms with Crippen molar-refractivity contribution in [1.29, 1.82) is 0 Å². The Morgan fingerprint density at radius 3 is 2.70 bits per heavy atom. The van der Waals surface area contributed by atoms with Crippen molar-refractivity contribution in [3.63, 3.8) is 0 Å². The van der Waals surface area contributed by atoms with E-state index in [0.717, 1.165) is 12.0 Å². The summed E-state index contributed by atoms with van der Waals surface area (Å²) in [5, 5.41) is 31.9. The summed E-state index contributed by atoms with van der Waals surface area (Å²) in [7, 11) is 0. The molecule has 4 rings (SSSR count). The Morgan fingerprint density at radius 1 is 1.33 bits per heavy atom. The Balaban J connectivity index is 1.80. The van der Waals surface area contributed by atoms with Crippen LogP contribution in [0.25, 0.3) is 0 Å². The molecule has 4 aliphatic carbocycles. The first kappa shape index (κ1) is 19.0. The van der Waals surface area contributed by atoms with E-state index in [9.17, 15) is 24.9 Å². The number of rotatable bonds is 2. The highest BCUT2D eigenvalue weighted by Gasteiger charge is 2.68. The van der Waals surface area contributed by atoms with E-state index in [1.54, 1.807) is 6.08 Å². The lowest BCUT2D eigenvalue weighted by molar-refractivity contribution is -0.176. The van der Waals surface area contributed by atoms with Crippen LogP contribution < -0.4 is 0 Å². The summed E-state index contributed by atoms with van der Waals surface area (Å²) < 4.78 is 0. The molecule has 0 aromatic rings. The number of carbonyl (C=O) groups is 2. The number of fused-ring (bicyclic) bond motifs is 5. The van der Waals surface area contributed by atoms with Gasteiger partial charge in [-0.2, -0.15) is 0 Å². The number of hydrogen-bond donors (Lipinski definition) is 3. The van der Waals surface area contributed by atoms with Crippen LogP contribution in [0.2, 0.25) is 0 Å². The Kier molecular flexibility index (Phi) is 4.12. The lowest BCUT2D eigenvalue weighted by Gasteiger charge is -2.59. The molecule has 0 radical (unpaired) electrons. The zero-order valence-corrected chi connectivity index (χ0v) is 16.4. The van der Waals surface area contributed by atoms with Crippen molar-refractivity contribution in [2.24, 2.45) is 28.6 Å². The van der Waals surface area contributed by atoms with Gasteiger partial charge in [0, 0.05) is 23.2 Å². The summed E-state index contributed by atoms with van der Waals surface area (Å²) in [5.74, 6) is -0.197. The van der Waals surface area contributed by atoms with E-state index < -0.39 is 29.5 Å². The van der Waals surface area contributed by atoms with Crippen molar-refractivity contribution in [2.45, 2.75) is 64.6 Å². The monoisotopic (exact) mass is 374 g/mol. The van der Waals surface area contributed by atoms with Crippen molar-refractivity contribution in [3.05, 3.63) is 23.3 Å². The van der Waals surface area contributed by atoms with E-state index in [4.69, 9.17) is 0 Å². The average molecular weight is 374 g/mol. The standard InChI is InChI=1S/C22H30O5/c1-12-8-14-15-5-7-22(27,18(26)11-23)21(15,3)10-17(25)19(14)20(2)6-4-13(24)9-16(12)20/h4,6,14-15,17,19,23,25,27H,5,7-11H2,1-3H3. The fourth-order valence-corrected chi connectivity index (χ4v) is 7.27. The molecule has 4 aliphatic rings. The molecule has 2 fully saturated rings. The van der Waals surface area contributed by atoms with Crippen LogP contribution in [-0.2, 0) is 9.59 Å². The van der Waals surface area contributed by atoms with E-state index in [1.807, 2.05) is 13.0 Å². The van der Waals surface area contributed by atoms with E-state index in [1.165, 1.54) is 5.57 Å². The number of allylic oxidation sites excluding steroid dienone is 4. The van der Waals surface area contributed by atoms with Gasteiger partial charge in [-0.3, -0.25) is 9.59 Å². The number of aliphatic hydroxyl groups is 3. The minimum atomic E-state index is -1.57. The van der Waals surface area contributed by atoms with Gasteiger partial charge in [-0.15, -0.1) is 0 Å². The van der Waals surface area contributed by atoms with Crippen LogP contribution in [0.3, 0.4) is 0 Å². The molecule has 0 spiro atoms. The summed E-state index contributed by atoms with van der Waals surface area (Å²) in [6.45, 7) is 5.44. The highest BCUT2D eigenvalue weighted by molar-refractivity contribution is 5.93. The second kappa shape index (κ2) is 5.85. The largest absolute Gasteiger partial charge is 0.393 e. The van der Waals surface area contributed by atoms with Crippen LogP contribution >= 0.6 is 0 Å². The van der Waals surface area contributed by atoms with Crippen LogP contribution in [0.15, 0.2) is 23.3 Å². The number of hydrogen-bond acceptors (Lipinski definition) is 5. The maximum atomic E-state index is 12.4. The van der Waals surface area contributed by atoms with E-state index >= 15 is 0 Å². The van der Waals surface area contributed by atoms with Gasteiger partial charge in [-0.1, -0.05) is 31.1 Å². The van der Waals surface area contributed by atoms with Crippen molar-refractivity contribution < 1.29 is 24.9 Å². The Morgan fingerprint density at radius 2 is 2.04 bits per heavy atom. The van der Waals surface area contributed by atoms with E-state index in [-0.39, 0.29) is 29.0 Å². The SMILES string of the molecule is CC1=C2CC(=O)C=CC2(C)C2C(O)CC3(C)C(CCC3(O)C(=O)CO)C2C1. The minimum Gasteiger partial charge on any atom is -0.393 e. The lowest BCUT2D eigenvalue weighted by Crippen LogP contribution is -2.61. The topological polar surface area (TPSA) is 94.8 Å². The second-order valence-electron chi connectivity index (χ2n) is 9.69. The predicted octanol–water partition coefficient (Wildman–Crippen LogP) is 1.95. The van der Waals surface area contributed by atoms with Gasteiger partial charge in [0.25, 0.3) is 0 Å².